The third kappa shape index (κ3) is 3.49. The zero-order chi connectivity index (χ0) is 14.5. The maximum Gasteiger partial charge on any atom is 0.142 e. The molecule has 0 amide bonds. The van der Waals surface area contributed by atoms with E-state index < -0.39 is 11.6 Å². The lowest BCUT2D eigenvalue weighted by Gasteiger charge is -2.25. The van der Waals surface area contributed by atoms with E-state index in [1.165, 1.54) is 6.07 Å². The molecule has 1 aromatic rings. The Labute approximate surface area is 122 Å². The third-order valence-electron chi connectivity index (χ3n) is 3.28. The van der Waals surface area contributed by atoms with Gasteiger partial charge in [0, 0.05) is 5.56 Å². The highest BCUT2D eigenvalue weighted by atomic mass is 35.5. The van der Waals surface area contributed by atoms with E-state index in [4.69, 9.17) is 16.3 Å². The molecule has 110 valence electrons. The van der Waals surface area contributed by atoms with Crippen LogP contribution in [0.1, 0.15) is 37.8 Å². The highest BCUT2D eigenvalue weighted by Gasteiger charge is 2.23. The van der Waals surface area contributed by atoms with Crippen molar-refractivity contribution in [2.75, 3.05) is 13.2 Å². The van der Waals surface area contributed by atoms with Gasteiger partial charge in [-0.1, -0.05) is 18.5 Å². The topological polar surface area (TPSA) is 21.3 Å². The van der Waals surface area contributed by atoms with Gasteiger partial charge in [0.05, 0.1) is 23.9 Å². The van der Waals surface area contributed by atoms with Crippen LogP contribution in [-0.4, -0.2) is 13.2 Å². The van der Waals surface area contributed by atoms with Crippen LogP contribution in [0.2, 0.25) is 5.02 Å². The van der Waals surface area contributed by atoms with E-state index >= 15 is 0 Å². The molecule has 1 N–H and O–H groups in total. The highest BCUT2D eigenvalue weighted by molar-refractivity contribution is 6.30. The lowest BCUT2D eigenvalue weighted by molar-refractivity contribution is 0.219. The average molecular weight is 302 g/mol. The van der Waals surface area contributed by atoms with Crippen LogP contribution in [0.3, 0.4) is 0 Å². The Morgan fingerprint density at radius 1 is 1.35 bits per heavy atom. The van der Waals surface area contributed by atoms with Gasteiger partial charge in [-0.05, 0) is 43.5 Å². The first-order valence-corrected chi connectivity index (χ1v) is 7.19. The van der Waals surface area contributed by atoms with Gasteiger partial charge in [-0.2, -0.15) is 0 Å². The van der Waals surface area contributed by atoms with Crippen LogP contribution in [0.5, 0.6) is 0 Å². The van der Waals surface area contributed by atoms with Gasteiger partial charge in [0.25, 0.3) is 0 Å². The van der Waals surface area contributed by atoms with E-state index in [1.807, 2.05) is 6.92 Å². The van der Waals surface area contributed by atoms with E-state index in [0.29, 0.717) is 13.2 Å². The molecule has 0 aliphatic carbocycles. The van der Waals surface area contributed by atoms with Crippen molar-refractivity contribution in [3.8, 4) is 0 Å². The van der Waals surface area contributed by atoms with Gasteiger partial charge in [-0.3, -0.25) is 0 Å². The molecule has 0 aromatic heterocycles. The Balaban J connectivity index is 2.35. The summed E-state index contributed by atoms with van der Waals surface area (Å²) in [6.07, 6.45) is 4.25. The number of benzene rings is 1. The molecule has 1 aromatic carbocycles. The molecule has 0 radical (unpaired) electrons. The minimum atomic E-state index is -0.608. The summed E-state index contributed by atoms with van der Waals surface area (Å²) in [7, 11) is 0. The molecule has 1 aliphatic heterocycles. The van der Waals surface area contributed by atoms with Crippen molar-refractivity contribution in [2.45, 2.75) is 32.2 Å². The maximum absolute atomic E-state index is 14.1. The largest absolute Gasteiger partial charge is 0.501 e. The Bertz CT molecular complexity index is 505. The van der Waals surface area contributed by atoms with Crippen molar-refractivity contribution in [1.29, 1.82) is 0 Å². The molecular weight excluding hydrogens is 284 g/mol. The summed E-state index contributed by atoms with van der Waals surface area (Å²) >= 11 is 5.61. The van der Waals surface area contributed by atoms with Crippen LogP contribution in [0, 0.1) is 11.6 Å². The molecule has 1 aliphatic rings. The van der Waals surface area contributed by atoms with Gasteiger partial charge < -0.3 is 10.1 Å². The van der Waals surface area contributed by atoms with Crippen LogP contribution in [-0.2, 0) is 4.74 Å². The second kappa shape index (κ2) is 7.04. The molecule has 0 saturated carbocycles. The van der Waals surface area contributed by atoms with Gasteiger partial charge in [-0.15, -0.1) is 0 Å². The maximum atomic E-state index is 14.1. The SMILES string of the molecule is CCCNC(C1=COCCC1)c1cc(F)c(Cl)cc1F. The van der Waals surface area contributed by atoms with Crippen LogP contribution in [0.15, 0.2) is 24.0 Å². The van der Waals surface area contributed by atoms with Gasteiger partial charge in [-0.25, -0.2) is 8.78 Å². The van der Waals surface area contributed by atoms with Crippen molar-refractivity contribution in [3.05, 3.63) is 46.2 Å². The molecule has 2 rings (SSSR count). The van der Waals surface area contributed by atoms with E-state index in [1.54, 1.807) is 6.26 Å². The lowest BCUT2D eigenvalue weighted by atomic mass is 9.94. The number of ether oxygens (including phenoxy) is 1. The Morgan fingerprint density at radius 3 is 2.80 bits per heavy atom. The molecule has 0 spiro atoms. The molecule has 1 atom stereocenters. The molecule has 2 nitrogen and oxygen atoms in total. The molecule has 1 unspecified atom stereocenters. The first-order valence-electron chi connectivity index (χ1n) is 6.81. The number of hydrogen-bond donors (Lipinski definition) is 1. The van der Waals surface area contributed by atoms with Crippen LogP contribution in [0.4, 0.5) is 8.78 Å². The predicted octanol–water partition coefficient (Wildman–Crippen LogP) is 4.35. The minimum absolute atomic E-state index is 0.200. The molecule has 20 heavy (non-hydrogen) atoms. The van der Waals surface area contributed by atoms with Gasteiger partial charge in [0.15, 0.2) is 0 Å². The average Bonchev–Trinajstić information content (AvgIpc) is 2.45. The summed E-state index contributed by atoms with van der Waals surface area (Å²) in [5.74, 6) is -1.11. The summed E-state index contributed by atoms with van der Waals surface area (Å²) in [6.45, 7) is 3.40. The molecule has 0 fully saturated rings. The summed E-state index contributed by atoms with van der Waals surface area (Å²) in [6, 6.07) is 1.82. The van der Waals surface area contributed by atoms with Crippen molar-refractivity contribution < 1.29 is 13.5 Å². The number of halogens is 3. The molecular formula is C15H18ClF2NO. The van der Waals surface area contributed by atoms with E-state index in [2.05, 4.69) is 5.32 Å². The van der Waals surface area contributed by atoms with E-state index in [9.17, 15) is 8.78 Å². The zero-order valence-corrected chi connectivity index (χ0v) is 12.1. The normalized spacial score (nSPS) is 16.5. The smallest absolute Gasteiger partial charge is 0.142 e. The molecule has 1 heterocycles. The zero-order valence-electron chi connectivity index (χ0n) is 11.4. The second-order valence-electron chi connectivity index (χ2n) is 4.84. The van der Waals surface area contributed by atoms with Crippen molar-refractivity contribution in [3.63, 3.8) is 0 Å². The lowest BCUT2D eigenvalue weighted by Crippen LogP contribution is -2.26. The molecule has 0 saturated heterocycles. The Hall–Kier alpha value is -1.13. The van der Waals surface area contributed by atoms with Crippen LogP contribution in [0.25, 0.3) is 0 Å². The monoisotopic (exact) mass is 301 g/mol. The van der Waals surface area contributed by atoms with E-state index in [0.717, 1.165) is 30.9 Å². The summed E-state index contributed by atoms with van der Waals surface area (Å²) in [5, 5.41) is 3.05. The van der Waals surface area contributed by atoms with Crippen molar-refractivity contribution in [1.82, 2.24) is 5.32 Å². The Kier molecular flexibility index (Phi) is 5.38. The highest BCUT2D eigenvalue weighted by Crippen LogP contribution is 2.31. The predicted molar refractivity (Wildman–Crippen MR) is 75.7 cm³/mol. The minimum Gasteiger partial charge on any atom is -0.501 e. The first-order chi connectivity index (χ1) is 9.63. The fourth-order valence-corrected chi connectivity index (χ4v) is 2.44. The third-order valence-corrected chi connectivity index (χ3v) is 3.57. The fraction of sp³-hybridized carbons (Fsp3) is 0.467. The van der Waals surface area contributed by atoms with Crippen molar-refractivity contribution in [2.24, 2.45) is 0 Å². The van der Waals surface area contributed by atoms with Gasteiger partial charge in [0.2, 0.25) is 0 Å². The quantitative estimate of drug-likeness (QED) is 0.816. The Morgan fingerprint density at radius 2 is 2.15 bits per heavy atom. The number of hydrogen-bond acceptors (Lipinski definition) is 2. The van der Waals surface area contributed by atoms with Crippen molar-refractivity contribution >= 4 is 11.6 Å². The van der Waals surface area contributed by atoms with E-state index in [-0.39, 0.29) is 16.6 Å². The molecule has 5 heteroatoms. The standard InChI is InChI=1S/C15H18ClF2NO/c1-2-5-19-15(10-4-3-6-20-9-10)11-7-14(18)12(16)8-13(11)17/h7-9,15,19H,2-6H2,1H3. The first kappa shape index (κ1) is 15.3. The summed E-state index contributed by atoms with van der Waals surface area (Å²) in [4.78, 5) is 0. The fourth-order valence-electron chi connectivity index (χ4n) is 2.29. The van der Waals surface area contributed by atoms with Gasteiger partial charge >= 0.3 is 0 Å². The second-order valence-corrected chi connectivity index (χ2v) is 5.25. The van der Waals surface area contributed by atoms with Gasteiger partial charge in [0.1, 0.15) is 11.6 Å². The molecule has 0 bridgehead atoms. The van der Waals surface area contributed by atoms with Crippen LogP contribution < -0.4 is 5.32 Å². The number of rotatable bonds is 5. The van der Waals surface area contributed by atoms with Crippen LogP contribution >= 0.6 is 11.6 Å². The summed E-state index contributed by atoms with van der Waals surface area (Å²) < 4.78 is 33.0. The number of nitrogens with one attached hydrogen (secondary N) is 1. The summed E-state index contributed by atoms with van der Waals surface area (Å²) in [5.41, 5.74) is 1.21.